The van der Waals surface area contributed by atoms with Gasteiger partial charge in [0.2, 0.25) is 0 Å². The van der Waals surface area contributed by atoms with Crippen LogP contribution in [0.1, 0.15) is 0 Å². The smallest absolute Gasteiger partial charge is 0.181 e. The summed E-state index contributed by atoms with van der Waals surface area (Å²) < 4.78 is 8.15. The van der Waals surface area contributed by atoms with Crippen molar-refractivity contribution >= 4 is 21.4 Å². The zero-order valence-corrected chi connectivity index (χ0v) is 9.31. The molecule has 0 aliphatic rings. The highest BCUT2D eigenvalue weighted by atomic mass is 79.9. The molecule has 0 radical (unpaired) electrons. The highest BCUT2D eigenvalue weighted by molar-refractivity contribution is 9.10. The van der Waals surface area contributed by atoms with Crippen molar-refractivity contribution in [3.63, 3.8) is 0 Å². The molecule has 0 aliphatic carbocycles. The fraction of sp³-hybridized carbons (Fsp3) is 0. The minimum absolute atomic E-state index is 0.766. The third-order valence-corrected chi connectivity index (χ3v) is 2.83. The van der Waals surface area contributed by atoms with E-state index in [4.69, 9.17) is 4.42 Å². The van der Waals surface area contributed by atoms with Crippen molar-refractivity contribution in [1.29, 1.82) is 0 Å². The van der Waals surface area contributed by atoms with E-state index in [2.05, 4.69) is 20.9 Å². The lowest BCUT2D eigenvalue weighted by molar-refractivity contribution is 0.577. The maximum Gasteiger partial charge on any atom is 0.181 e. The van der Waals surface area contributed by atoms with Crippen molar-refractivity contribution in [2.45, 2.75) is 0 Å². The van der Waals surface area contributed by atoms with Crippen LogP contribution in [0.25, 0.3) is 17.1 Å². The van der Waals surface area contributed by atoms with Gasteiger partial charge in [-0.2, -0.15) is 0 Å². The number of pyridine rings is 1. The molecule has 3 aromatic rings. The molecule has 0 spiro atoms. The first-order valence-electron chi connectivity index (χ1n) is 4.53. The molecule has 4 heteroatoms. The summed E-state index contributed by atoms with van der Waals surface area (Å²) in [6, 6.07) is 9.70. The number of aromatic nitrogens is 2. The molecule has 0 saturated carbocycles. The topological polar surface area (TPSA) is 30.4 Å². The van der Waals surface area contributed by atoms with Crippen LogP contribution in [0.15, 0.2) is 51.8 Å². The van der Waals surface area contributed by atoms with Gasteiger partial charge >= 0.3 is 0 Å². The highest BCUT2D eigenvalue weighted by Gasteiger charge is 2.11. The largest absolute Gasteiger partial charge is 0.461 e. The van der Waals surface area contributed by atoms with E-state index >= 15 is 0 Å². The van der Waals surface area contributed by atoms with Crippen LogP contribution in [0.5, 0.6) is 0 Å². The molecule has 3 aromatic heterocycles. The molecule has 0 atom stereocenters. The molecular weight excluding hydrogens is 256 g/mol. The van der Waals surface area contributed by atoms with Crippen molar-refractivity contribution in [3.05, 3.63) is 47.4 Å². The van der Waals surface area contributed by atoms with E-state index in [0.29, 0.717) is 0 Å². The van der Waals surface area contributed by atoms with Crippen LogP contribution in [0.3, 0.4) is 0 Å². The minimum atomic E-state index is 0.766. The second kappa shape index (κ2) is 3.24. The number of hydrogen-bond donors (Lipinski definition) is 0. The van der Waals surface area contributed by atoms with Gasteiger partial charge in [0.25, 0.3) is 0 Å². The average Bonchev–Trinajstić information content (AvgIpc) is 2.87. The molecule has 15 heavy (non-hydrogen) atoms. The first kappa shape index (κ1) is 8.73. The number of rotatable bonds is 1. The van der Waals surface area contributed by atoms with Crippen molar-refractivity contribution in [1.82, 2.24) is 9.38 Å². The Morgan fingerprint density at radius 2 is 2.13 bits per heavy atom. The summed E-state index contributed by atoms with van der Waals surface area (Å²) in [6.45, 7) is 0. The Kier molecular flexibility index (Phi) is 1.89. The monoisotopic (exact) mass is 262 g/mol. The van der Waals surface area contributed by atoms with Crippen LogP contribution in [0.4, 0.5) is 0 Å². The predicted molar refractivity (Wildman–Crippen MR) is 60.6 cm³/mol. The van der Waals surface area contributed by atoms with Crippen LogP contribution < -0.4 is 0 Å². The SMILES string of the molecule is Brc1nc(-c2ccco2)n2ccccc12. The first-order chi connectivity index (χ1) is 7.36. The predicted octanol–water partition coefficient (Wildman–Crippen LogP) is 3.36. The van der Waals surface area contributed by atoms with Gasteiger partial charge in [0.05, 0.1) is 11.8 Å². The number of nitrogens with zero attached hydrogens (tertiary/aromatic N) is 2. The molecule has 3 rings (SSSR count). The van der Waals surface area contributed by atoms with Crippen LogP contribution in [-0.4, -0.2) is 9.38 Å². The molecule has 3 heterocycles. The summed E-state index contributed by atoms with van der Waals surface area (Å²) in [7, 11) is 0. The molecular formula is C11H7BrN2O. The lowest BCUT2D eigenvalue weighted by Gasteiger charge is -1.96. The van der Waals surface area contributed by atoms with Gasteiger partial charge in [0, 0.05) is 6.20 Å². The Hall–Kier alpha value is -1.55. The molecule has 3 nitrogen and oxygen atoms in total. The quantitative estimate of drug-likeness (QED) is 0.674. The van der Waals surface area contributed by atoms with Crippen LogP contribution in [0, 0.1) is 0 Å². The molecule has 0 aliphatic heterocycles. The second-order valence-corrected chi connectivity index (χ2v) is 3.91. The summed E-state index contributed by atoms with van der Waals surface area (Å²) in [6.07, 6.45) is 3.61. The summed E-state index contributed by atoms with van der Waals surface area (Å²) in [4.78, 5) is 4.42. The number of fused-ring (bicyclic) bond motifs is 1. The molecule has 0 aromatic carbocycles. The number of imidazole rings is 1. The van der Waals surface area contributed by atoms with E-state index in [1.165, 1.54) is 0 Å². The van der Waals surface area contributed by atoms with Crippen molar-refractivity contribution < 1.29 is 4.42 Å². The van der Waals surface area contributed by atoms with Crippen LogP contribution in [-0.2, 0) is 0 Å². The van der Waals surface area contributed by atoms with Gasteiger partial charge in [-0.3, -0.25) is 4.40 Å². The number of hydrogen-bond acceptors (Lipinski definition) is 2. The van der Waals surface area contributed by atoms with E-state index in [9.17, 15) is 0 Å². The summed E-state index contributed by atoms with van der Waals surface area (Å²) in [5.41, 5.74) is 1.03. The summed E-state index contributed by atoms with van der Waals surface area (Å²) in [5, 5.41) is 0. The third-order valence-electron chi connectivity index (χ3n) is 2.25. The molecule has 0 amide bonds. The highest BCUT2D eigenvalue weighted by Crippen LogP contribution is 2.25. The fourth-order valence-corrected chi connectivity index (χ4v) is 2.07. The lowest BCUT2D eigenvalue weighted by Crippen LogP contribution is -1.85. The molecule has 0 saturated heterocycles. The Balaban J connectivity index is 2.37. The van der Waals surface area contributed by atoms with Gasteiger partial charge < -0.3 is 4.42 Å². The Labute approximate surface area is 94.5 Å². The Morgan fingerprint density at radius 1 is 1.20 bits per heavy atom. The van der Waals surface area contributed by atoms with E-state index in [0.717, 1.165) is 21.7 Å². The molecule has 0 bridgehead atoms. The molecule has 74 valence electrons. The fourth-order valence-electron chi connectivity index (χ4n) is 1.58. The summed E-state index contributed by atoms with van der Waals surface area (Å²) in [5.74, 6) is 1.57. The van der Waals surface area contributed by atoms with E-state index in [1.807, 2.05) is 40.9 Å². The normalized spacial score (nSPS) is 11.0. The number of halogens is 1. The van der Waals surface area contributed by atoms with Gasteiger partial charge in [-0.05, 0) is 40.2 Å². The van der Waals surface area contributed by atoms with E-state index in [1.54, 1.807) is 6.26 Å². The van der Waals surface area contributed by atoms with Crippen LogP contribution in [0.2, 0.25) is 0 Å². The Morgan fingerprint density at radius 3 is 2.93 bits per heavy atom. The van der Waals surface area contributed by atoms with Gasteiger partial charge in [-0.1, -0.05) is 6.07 Å². The van der Waals surface area contributed by atoms with Crippen molar-refractivity contribution in [3.8, 4) is 11.6 Å². The van der Waals surface area contributed by atoms with E-state index < -0.39 is 0 Å². The third kappa shape index (κ3) is 1.29. The second-order valence-electron chi connectivity index (χ2n) is 3.16. The van der Waals surface area contributed by atoms with Crippen molar-refractivity contribution in [2.75, 3.05) is 0 Å². The minimum Gasteiger partial charge on any atom is -0.461 e. The Bertz CT molecular complexity index is 598. The van der Waals surface area contributed by atoms with Gasteiger partial charge in [0.1, 0.15) is 4.60 Å². The lowest BCUT2D eigenvalue weighted by atomic mass is 10.4. The molecule has 0 fully saturated rings. The zero-order chi connectivity index (χ0) is 10.3. The first-order valence-corrected chi connectivity index (χ1v) is 5.32. The van der Waals surface area contributed by atoms with Crippen LogP contribution >= 0.6 is 15.9 Å². The van der Waals surface area contributed by atoms with Gasteiger partial charge in [-0.15, -0.1) is 0 Å². The van der Waals surface area contributed by atoms with Gasteiger partial charge in [0.15, 0.2) is 11.6 Å². The number of furan rings is 1. The summed E-state index contributed by atoms with van der Waals surface area (Å²) >= 11 is 3.43. The zero-order valence-electron chi connectivity index (χ0n) is 7.72. The molecule has 0 unspecified atom stereocenters. The van der Waals surface area contributed by atoms with Crippen molar-refractivity contribution in [2.24, 2.45) is 0 Å². The standard InChI is InChI=1S/C11H7BrN2O/c12-10-8-4-1-2-6-14(8)11(13-10)9-5-3-7-15-9/h1-7H. The average molecular weight is 263 g/mol. The maximum atomic E-state index is 5.34. The van der Waals surface area contributed by atoms with Gasteiger partial charge in [-0.25, -0.2) is 4.98 Å². The molecule has 0 N–H and O–H groups in total. The van der Waals surface area contributed by atoms with E-state index in [-0.39, 0.29) is 0 Å². The maximum absolute atomic E-state index is 5.34.